The van der Waals surface area contributed by atoms with Crippen LogP contribution in [0, 0.1) is 6.92 Å². The van der Waals surface area contributed by atoms with Crippen molar-refractivity contribution < 1.29 is 13.2 Å². The van der Waals surface area contributed by atoms with Crippen molar-refractivity contribution in [1.82, 2.24) is 19.1 Å². The van der Waals surface area contributed by atoms with E-state index in [1.165, 1.54) is 22.8 Å². The van der Waals surface area contributed by atoms with Crippen LogP contribution < -0.4 is 16.7 Å². The largest absolute Gasteiger partial charge is 0.355 e. The fourth-order valence-electron chi connectivity index (χ4n) is 3.02. The lowest BCUT2D eigenvalue weighted by molar-refractivity contribution is 0.151. The highest BCUT2D eigenvalue weighted by Gasteiger charge is 2.16. The molecule has 0 aliphatic rings. The van der Waals surface area contributed by atoms with Crippen LogP contribution in [0.25, 0.3) is 0 Å². The van der Waals surface area contributed by atoms with Gasteiger partial charge in [0.05, 0.1) is 13.7 Å². The van der Waals surface area contributed by atoms with Crippen LogP contribution in [-0.2, 0) is 13.1 Å². The maximum atomic E-state index is 13.0. The molecule has 3 rings (SSSR count). The molecule has 0 spiro atoms. The Morgan fingerprint density at radius 2 is 1.78 bits per heavy atom. The van der Waals surface area contributed by atoms with Gasteiger partial charge in [-0.05, 0) is 44.0 Å². The number of halogens is 3. The van der Waals surface area contributed by atoms with Crippen molar-refractivity contribution in [3.05, 3.63) is 85.9 Å². The van der Waals surface area contributed by atoms with Crippen LogP contribution in [0.5, 0.6) is 0 Å². The molecule has 0 saturated heterocycles. The Labute approximate surface area is 183 Å². The van der Waals surface area contributed by atoms with Crippen LogP contribution >= 0.6 is 0 Å². The molecule has 7 nitrogen and oxygen atoms in total. The molecule has 172 valence electrons. The smallest absolute Gasteiger partial charge is 0.351 e. The van der Waals surface area contributed by atoms with Crippen LogP contribution in [0.2, 0.25) is 0 Å². The molecule has 0 aliphatic heterocycles. The van der Waals surface area contributed by atoms with Gasteiger partial charge in [0.25, 0.3) is 6.43 Å². The summed E-state index contributed by atoms with van der Waals surface area (Å²) >= 11 is 0. The zero-order valence-electron chi connectivity index (χ0n) is 18.3. The van der Waals surface area contributed by atoms with Crippen molar-refractivity contribution in [3.8, 4) is 0 Å². The second-order valence-electron chi connectivity index (χ2n) is 7.26. The average Bonchev–Trinajstić information content (AvgIpc) is 2.77. The van der Waals surface area contributed by atoms with E-state index in [2.05, 4.69) is 15.3 Å². The van der Waals surface area contributed by atoms with Gasteiger partial charge in [-0.3, -0.25) is 13.9 Å². The molecule has 3 aromatic rings. The Bertz CT molecular complexity index is 1140. The normalized spacial score (nSPS) is 10.8. The van der Waals surface area contributed by atoms with Crippen molar-refractivity contribution >= 4 is 5.95 Å². The third-order valence-electron chi connectivity index (χ3n) is 4.58. The number of pyridine rings is 1. The maximum Gasteiger partial charge on any atom is 0.355 e. The molecule has 0 atom stereocenters. The molecule has 2 aromatic heterocycles. The van der Waals surface area contributed by atoms with E-state index in [4.69, 9.17) is 0 Å². The number of rotatable bonds is 7. The van der Waals surface area contributed by atoms with Gasteiger partial charge in [-0.1, -0.05) is 24.3 Å². The topological polar surface area (TPSA) is 81.8 Å². The third kappa shape index (κ3) is 6.05. The van der Waals surface area contributed by atoms with Gasteiger partial charge in [-0.2, -0.15) is 4.98 Å². The minimum atomic E-state index is -2.58. The van der Waals surface area contributed by atoms with Crippen LogP contribution in [-0.4, -0.2) is 26.3 Å². The molecule has 0 saturated carbocycles. The summed E-state index contributed by atoms with van der Waals surface area (Å²) in [5.41, 5.74) is 0.917. The molecule has 1 N–H and O–H groups in total. The van der Waals surface area contributed by atoms with E-state index in [1.807, 2.05) is 19.1 Å². The summed E-state index contributed by atoms with van der Waals surface area (Å²) in [6.07, 6.45) is -0.923. The highest BCUT2D eigenvalue weighted by molar-refractivity contribution is 5.31. The third-order valence-corrected chi connectivity index (χ3v) is 4.58. The number of benzene rings is 1. The van der Waals surface area contributed by atoms with Crippen molar-refractivity contribution in [3.63, 3.8) is 0 Å². The summed E-state index contributed by atoms with van der Waals surface area (Å²) in [6.45, 7) is 5.60. The number of aromatic nitrogens is 4. The molecule has 1 aromatic carbocycles. The van der Waals surface area contributed by atoms with Crippen molar-refractivity contribution in [2.24, 2.45) is 0 Å². The number of nitrogens with zero attached hydrogens (tertiary/aromatic N) is 4. The predicted molar refractivity (Wildman–Crippen MR) is 117 cm³/mol. The number of aryl methyl sites for hydroxylation is 1. The standard InChI is InChI=1S/C21H23F2N5O2.CH3F/c1-13(2)28-20(29)26-19(25-10-15-5-4-6-17(9-15)18(22)23)27(21(28)30)12-16-8-7-14(3)24-11-16;1-2/h4-9,11,13,18H,10,12H2,1-3H3,(H,25,26,29);1H3. The zero-order valence-corrected chi connectivity index (χ0v) is 18.3. The fraction of sp³-hybridized carbons (Fsp3) is 0.364. The molecule has 2 heterocycles. The van der Waals surface area contributed by atoms with Crippen LogP contribution in [0.4, 0.5) is 19.1 Å². The summed E-state index contributed by atoms with van der Waals surface area (Å²) in [6, 6.07) is 9.24. The van der Waals surface area contributed by atoms with Gasteiger partial charge in [0, 0.05) is 30.0 Å². The highest BCUT2D eigenvalue weighted by Crippen LogP contribution is 2.19. The lowest BCUT2D eigenvalue weighted by Gasteiger charge is -2.17. The van der Waals surface area contributed by atoms with Gasteiger partial charge < -0.3 is 5.32 Å². The number of hydrogen-bond donors (Lipinski definition) is 1. The quantitative estimate of drug-likeness (QED) is 0.592. The van der Waals surface area contributed by atoms with Gasteiger partial charge in [-0.25, -0.2) is 22.9 Å². The SMILES string of the molecule is CF.Cc1ccc(Cn2c(NCc3cccc(C(F)F)c3)nc(=O)n(C(C)C)c2=O)cn1. The van der Waals surface area contributed by atoms with E-state index in [-0.39, 0.29) is 30.6 Å². The number of anilines is 1. The Morgan fingerprint density at radius 3 is 2.38 bits per heavy atom. The summed E-state index contributed by atoms with van der Waals surface area (Å²) in [5.74, 6) is 0.0740. The molecule has 0 amide bonds. The van der Waals surface area contributed by atoms with Gasteiger partial charge in [-0.15, -0.1) is 0 Å². The Balaban J connectivity index is 0.00000176. The number of hydrogen-bond acceptors (Lipinski definition) is 5. The number of alkyl halides is 3. The molecule has 0 fully saturated rings. The Kier molecular flexibility index (Phi) is 8.74. The molecular formula is C22H26F3N5O2. The summed E-state index contributed by atoms with van der Waals surface area (Å²) in [4.78, 5) is 33.7. The zero-order chi connectivity index (χ0) is 23.8. The monoisotopic (exact) mass is 449 g/mol. The van der Waals surface area contributed by atoms with Gasteiger partial charge in [0.15, 0.2) is 0 Å². The summed E-state index contributed by atoms with van der Waals surface area (Å²) < 4.78 is 37.8. The molecule has 32 heavy (non-hydrogen) atoms. The first-order valence-electron chi connectivity index (χ1n) is 9.90. The molecule has 0 bridgehead atoms. The first kappa shape index (κ1) is 24.8. The van der Waals surface area contributed by atoms with E-state index in [1.54, 1.807) is 26.1 Å². The average molecular weight is 449 g/mol. The van der Waals surface area contributed by atoms with E-state index in [0.717, 1.165) is 15.8 Å². The molecule has 10 heteroatoms. The number of nitrogens with one attached hydrogen (secondary N) is 1. The van der Waals surface area contributed by atoms with Gasteiger partial charge >= 0.3 is 11.4 Å². The van der Waals surface area contributed by atoms with E-state index in [9.17, 15) is 22.8 Å². The van der Waals surface area contributed by atoms with Crippen LogP contribution in [0.15, 0.2) is 52.2 Å². The minimum Gasteiger partial charge on any atom is -0.351 e. The Hall–Kier alpha value is -3.43. The van der Waals surface area contributed by atoms with Gasteiger partial charge in [0.2, 0.25) is 5.95 Å². The molecule has 0 radical (unpaired) electrons. The first-order chi connectivity index (χ1) is 15.3. The van der Waals surface area contributed by atoms with E-state index in [0.29, 0.717) is 12.7 Å². The predicted octanol–water partition coefficient (Wildman–Crippen LogP) is 3.87. The lowest BCUT2D eigenvalue weighted by atomic mass is 10.1. The van der Waals surface area contributed by atoms with Crippen molar-refractivity contribution in [2.75, 3.05) is 12.5 Å². The molecule has 0 aliphatic carbocycles. The van der Waals surface area contributed by atoms with Crippen LogP contribution in [0.1, 0.15) is 48.7 Å². The summed E-state index contributed by atoms with van der Waals surface area (Å²) in [5, 5.41) is 2.95. The van der Waals surface area contributed by atoms with Crippen LogP contribution in [0.3, 0.4) is 0 Å². The molecule has 0 unspecified atom stereocenters. The van der Waals surface area contributed by atoms with Crippen molar-refractivity contribution in [1.29, 1.82) is 0 Å². The Morgan fingerprint density at radius 1 is 1.06 bits per heavy atom. The second kappa shape index (κ2) is 11.3. The second-order valence-corrected chi connectivity index (χ2v) is 7.26. The van der Waals surface area contributed by atoms with E-state index < -0.39 is 17.8 Å². The van der Waals surface area contributed by atoms with E-state index >= 15 is 0 Å². The first-order valence-corrected chi connectivity index (χ1v) is 9.90. The maximum absolute atomic E-state index is 13.0. The van der Waals surface area contributed by atoms with Crippen molar-refractivity contribution in [2.45, 2.75) is 46.3 Å². The fourth-order valence-corrected chi connectivity index (χ4v) is 3.02. The minimum absolute atomic E-state index is 0.0740. The van der Waals surface area contributed by atoms with Gasteiger partial charge in [0.1, 0.15) is 0 Å². The summed E-state index contributed by atoms with van der Waals surface area (Å²) in [7, 11) is 0.500. The molecular weight excluding hydrogens is 423 g/mol. The highest BCUT2D eigenvalue weighted by atomic mass is 19.3. The lowest BCUT2D eigenvalue weighted by Crippen LogP contribution is -2.43.